The normalized spacial score (nSPS) is 13.7. The van der Waals surface area contributed by atoms with Crippen molar-refractivity contribution in [3.8, 4) is 51.7 Å². The highest BCUT2D eigenvalue weighted by Gasteiger charge is 2.39. The number of esters is 7. The average Bonchev–Trinajstić information content (AvgIpc) is 3.29. The van der Waals surface area contributed by atoms with Crippen molar-refractivity contribution in [1.29, 1.82) is 0 Å². The minimum atomic E-state index is -1.37. The molecule has 18 heteroatoms. The van der Waals surface area contributed by atoms with Crippen molar-refractivity contribution in [2.45, 2.75) is 150 Å². The van der Waals surface area contributed by atoms with Gasteiger partial charge in [0, 0.05) is 74.6 Å². The third kappa shape index (κ3) is 16.1. The Kier molecular flexibility index (Phi) is 22.0. The molecule has 1 heterocycles. The first-order chi connectivity index (χ1) is 33.2. The number of benzene rings is 3. The number of methoxy groups -OCH3 is 1. The highest BCUT2D eigenvalue weighted by atomic mass is 16.6. The lowest BCUT2D eigenvalue weighted by molar-refractivity contribution is -0.138. The SMILES string of the molecule is CCCC(=O)Oc1cc(OC(=O)CCC)c2c(c1)OC(c1cc(OC(=O)CCC)c(OC(=O)CCC)c(OC(=O)CCC)c1)C(OC(=O)c1cc(OC)c(OC(=O)CCC)c(OCCCC=O)c1)C2. The second-order valence-electron chi connectivity index (χ2n) is 15.9. The third-order valence-corrected chi connectivity index (χ3v) is 10.0. The van der Waals surface area contributed by atoms with E-state index in [2.05, 4.69) is 0 Å². The van der Waals surface area contributed by atoms with Crippen molar-refractivity contribution in [1.82, 2.24) is 0 Å². The first-order valence-electron chi connectivity index (χ1n) is 23.5. The molecule has 0 radical (unpaired) electrons. The first kappa shape index (κ1) is 54.6. The molecule has 0 spiro atoms. The number of hydrogen-bond acceptors (Lipinski definition) is 18. The summed E-state index contributed by atoms with van der Waals surface area (Å²) in [7, 11) is 1.30. The van der Waals surface area contributed by atoms with Crippen LogP contribution in [-0.4, -0.2) is 67.9 Å². The molecule has 0 N–H and O–H groups in total. The van der Waals surface area contributed by atoms with Gasteiger partial charge in [0.25, 0.3) is 0 Å². The molecule has 374 valence electrons. The Hall–Kier alpha value is -6.98. The fourth-order valence-corrected chi connectivity index (χ4v) is 6.84. The van der Waals surface area contributed by atoms with E-state index in [-0.39, 0.29) is 126 Å². The van der Waals surface area contributed by atoms with Crippen LogP contribution in [0.25, 0.3) is 0 Å². The molecular weight excluding hydrogens is 901 g/mol. The van der Waals surface area contributed by atoms with Crippen molar-refractivity contribution in [3.05, 3.63) is 53.1 Å². The maximum Gasteiger partial charge on any atom is 0.338 e. The minimum absolute atomic E-state index is 0.00337. The van der Waals surface area contributed by atoms with Crippen LogP contribution in [0.15, 0.2) is 36.4 Å². The zero-order valence-corrected chi connectivity index (χ0v) is 40.4. The molecule has 4 rings (SSSR count). The molecule has 18 nitrogen and oxygen atoms in total. The molecule has 0 amide bonds. The molecule has 0 saturated carbocycles. The van der Waals surface area contributed by atoms with Crippen LogP contribution in [-0.2, 0) is 44.7 Å². The van der Waals surface area contributed by atoms with E-state index >= 15 is 0 Å². The summed E-state index contributed by atoms with van der Waals surface area (Å²) in [5.41, 5.74) is 0.208. The van der Waals surface area contributed by atoms with E-state index in [0.717, 1.165) is 6.29 Å². The lowest BCUT2D eigenvalue weighted by atomic mass is 9.93. The van der Waals surface area contributed by atoms with Gasteiger partial charge in [-0.2, -0.15) is 0 Å². The van der Waals surface area contributed by atoms with Gasteiger partial charge in [-0.3, -0.25) is 28.8 Å². The molecule has 2 unspecified atom stereocenters. The molecule has 0 saturated heterocycles. The fourth-order valence-electron chi connectivity index (χ4n) is 6.84. The molecule has 0 fully saturated rings. The van der Waals surface area contributed by atoms with Crippen LogP contribution in [0.2, 0.25) is 0 Å². The van der Waals surface area contributed by atoms with Gasteiger partial charge in [0.1, 0.15) is 29.6 Å². The van der Waals surface area contributed by atoms with Crippen molar-refractivity contribution < 1.29 is 85.7 Å². The van der Waals surface area contributed by atoms with E-state index in [1.807, 2.05) is 0 Å². The van der Waals surface area contributed by atoms with Crippen LogP contribution in [0.1, 0.15) is 159 Å². The number of rotatable bonds is 27. The van der Waals surface area contributed by atoms with Gasteiger partial charge in [-0.05, 0) is 69.2 Å². The Morgan fingerprint density at radius 1 is 0.565 bits per heavy atom. The summed E-state index contributed by atoms with van der Waals surface area (Å²) in [6.07, 6.45) is 0.988. The number of ether oxygens (including phenoxy) is 10. The molecule has 0 bridgehead atoms. The van der Waals surface area contributed by atoms with Crippen LogP contribution in [0.5, 0.6) is 51.7 Å². The minimum Gasteiger partial charge on any atom is -0.493 e. The summed E-state index contributed by atoms with van der Waals surface area (Å²) in [4.78, 5) is 103. The predicted octanol–water partition coefficient (Wildman–Crippen LogP) is 9.19. The Labute approximate surface area is 401 Å². The van der Waals surface area contributed by atoms with Gasteiger partial charge >= 0.3 is 41.8 Å². The topological polar surface area (TPSA) is 229 Å². The molecule has 1 aliphatic rings. The Morgan fingerprint density at radius 3 is 1.52 bits per heavy atom. The van der Waals surface area contributed by atoms with E-state index in [9.17, 15) is 38.4 Å². The molecule has 0 aromatic heterocycles. The van der Waals surface area contributed by atoms with Gasteiger partial charge in [-0.15, -0.1) is 0 Å². The molecule has 3 aromatic carbocycles. The first-order valence-corrected chi connectivity index (χ1v) is 23.5. The van der Waals surface area contributed by atoms with Crippen molar-refractivity contribution >= 4 is 48.1 Å². The molecular formula is C51H62O18. The second-order valence-corrected chi connectivity index (χ2v) is 15.9. The number of carbonyl (C=O) groups excluding carboxylic acids is 8. The average molecular weight is 963 g/mol. The lowest BCUT2D eigenvalue weighted by Gasteiger charge is -2.35. The van der Waals surface area contributed by atoms with Crippen LogP contribution in [0.4, 0.5) is 0 Å². The van der Waals surface area contributed by atoms with E-state index in [1.165, 1.54) is 43.5 Å². The zero-order valence-electron chi connectivity index (χ0n) is 40.4. The highest BCUT2D eigenvalue weighted by molar-refractivity contribution is 5.92. The molecule has 0 aliphatic carbocycles. The maximum atomic E-state index is 14.5. The van der Waals surface area contributed by atoms with E-state index in [1.54, 1.807) is 41.5 Å². The van der Waals surface area contributed by atoms with Crippen LogP contribution < -0.4 is 42.6 Å². The molecule has 69 heavy (non-hydrogen) atoms. The molecule has 3 aromatic rings. The quantitative estimate of drug-likeness (QED) is 0.0300. The van der Waals surface area contributed by atoms with Crippen molar-refractivity contribution in [2.24, 2.45) is 0 Å². The lowest BCUT2D eigenvalue weighted by Crippen LogP contribution is -2.35. The van der Waals surface area contributed by atoms with E-state index in [0.29, 0.717) is 44.9 Å². The zero-order chi connectivity index (χ0) is 50.5. The number of unbranched alkanes of at least 4 members (excludes halogenated alkanes) is 1. The highest BCUT2D eigenvalue weighted by Crippen LogP contribution is 2.48. The maximum absolute atomic E-state index is 14.5. The van der Waals surface area contributed by atoms with Crippen LogP contribution in [0, 0.1) is 0 Å². The van der Waals surface area contributed by atoms with Gasteiger partial charge in [0.05, 0.1) is 19.3 Å². The Bertz CT molecular complexity index is 2270. The van der Waals surface area contributed by atoms with Crippen molar-refractivity contribution in [3.63, 3.8) is 0 Å². The fraction of sp³-hybridized carbons (Fsp3) is 0.490. The summed E-state index contributed by atoms with van der Waals surface area (Å²) >= 11 is 0. The largest absolute Gasteiger partial charge is 0.493 e. The van der Waals surface area contributed by atoms with Crippen molar-refractivity contribution in [2.75, 3.05) is 13.7 Å². The summed E-state index contributed by atoms with van der Waals surface area (Å²) < 4.78 is 58.7. The Balaban J connectivity index is 2.00. The van der Waals surface area contributed by atoms with Gasteiger partial charge < -0.3 is 52.2 Å². The predicted molar refractivity (Wildman–Crippen MR) is 246 cm³/mol. The number of aldehydes is 1. The number of carbonyl (C=O) groups is 8. The van der Waals surface area contributed by atoms with E-state index < -0.39 is 54.0 Å². The van der Waals surface area contributed by atoms with Gasteiger partial charge in [0.15, 0.2) is 29.1 Å². The summed E-state index contributed by atoms with van der Waals surface area (Å²) in [5, 5.41) is 0. The molecule has 2 atom stereocenters. The smallest absolute Gasteiger partial charge is 0.338 e. The van der Waals surface area contributed by atoms with Gasteiger partial charge in [-0.1, -0.05) is 41.5 Å². The van der Waals surface area contributed by atoms with E-state index in [4.69, 9.17) is 47.4 Å². The standard InChI is InChI=1S/C51H62O18/c1-8-16-42(53)62-33-28-35(63-43(54)17-9-2)34-30-41(67-51(59)32-26-37(60-7)49(68-46(57)20-12-5)38(27-32)61-23-15-14-22-52)48(66-36(34)29-33)31-24-39(64-44(55)18-10-3)50(69-47(58)21-13-6)40(25-31)65-45(56)19-11-4/h22,24-29,41,48H,8-21,23,30H2,1-7H3. The third-order valence-electron chi connectivity index (χ3n) is 10.0. The number of fused-ring (bicyclic) bond motifs is 1. The summed E-state index contributed by atoms with van der Waals surface area (Å²) in [6, 6.07) is 8.00. The molecule has 1 aliphatic heterocycles. The summed E-state index contributed by atoms with van der Waals surface area (Å²) in [5.74, 6) is -6.03. The summed E-state index contributed by atoms with van der Waals surface area (Å²) in [6.45, 7) is 10.7. The van der Waals surface area contributed by atoms with Crippen LogP contribution >= 0.6 is 0 Å². The second kappa shape index (κ2) is 27.7. The Morgan fingerprint density at radius 2 is 1.03 bits per heavy atom. The number of hydrogen-bond donors (Lipinski definition) is 0. The van der Waals surface area contributed by atoms with Gasteiger partial charge in [-0.25, -0.2) is 4.79 Å². The monoisotopic (exact) mass is 962 g/mol. The van der Waals surface area contributed by atoms with Crippen LogP contribution in [0.3, 0.4) is 0 Å². The van der Waals surface area contributed by atoms with Gasteiger partial charge in [0.2, 0.25) is 11.5 Å².